The van der Waals surface area contributed by atoms with Crippen molar-refractivity contribution in [3.8, 4) is 33.6 Å². The van der Waals surface area contributed by atoms with Crippen LogP contribution in [-0.4, -0.2) is 0 Å². The first kappa shape index (κ1) is 28.2. The highest BCUT2D eigenvalue weighted by atomic mass is 16.3. The monoisotopic (exact) mass is 649 g/mol. The number of nitrogens with zero attached hydrogens (tertiary/aromatic N) is 1. The van der Waals surface area contributed by atoms with Crippen LogP contribution in [-0.2, 0) is 5.41 Å². The molecule has 0 fully saturated rings. The van der Waals surface area contributed by atoms with Crippen LogP contribution in [0.3, 0.4) is 0 Å². The molecule has 0 aliphatic heterocycles. The molecular weight excluding hydrogens is 619 g/mol. The lowest BCUT2D eigenvalue weighted by Gasteiger charge is -2.35. The molecule has 0 atom stereocenters. The first-order chi connectivity index (χ1) is 25.3. The molecule has 2 heteroatoms. The standard InChI is InChI=1S/C49H31NO/c1-2-16-34(17-3-1)50(35-30-28-33(29-31-35)37-22-12-15-32-14-4-5-18-36(32)37)44-26-13-23-41-46(44)49(47-40-21-8-11-27-45(40)51-48(41)47)42-24-9-6-19-38(42)39-20-7-10-25-43(39)49/h1-31H. The normalized spacial score (nSPS) is 13.3. The minimum Gasteiger partial charge on any atom is -0.456 e. The van der Waals surface area contributed by atoms with Crippen LogP contribution >= 0.6 is 0 Å². The summed E-state index contributed by atoms with van der Waals surface area (Å²) in [5, 5.41) is 3.67. The summed E-state index contributed by atoms with van der Waals surface area (Å²) in [4.78, 5) is 2.44. The lowest BCUT2D eigenvalue weighted by molar-refractivity contribution is 0.628. The van der Waals surface area contributed by atoms with Gasteiger partial charge in [0.25, 0.3) is 0 Å². The predicted octanol–water partition coefficient (Wildman–Crippen LogP) is 13.1. The van der Waals surface area contributed by atoms with Gasteiger partial charge in [0, 0.05) is 33.5 Å². The van der Waals surface area contributed by atoms with Gasteiger partial charge in [0.15, 0.2) is 0 Å². The molecule has 1 aromatic heterocycles. The molecule has 2 aliphatic carbocycles. The van der Waals surface area contributed by atoms with Crippen molar-refractivity contribution >= 4 is 38.8 Å². The number of furan rings is 1. The number of hydrogen-bond donors (Lipinski definition) is 0. The minimum atomic E-state index is -0.572. The van der Waals surface area contributed by atoms with E-state index >= 15 is 0 Å². The molecule has 0 saturated carbocycles. The molecule has 0 radical (unpaired) electrons. The highest BCUT2D eigenvalue weighted by molar-refractivity contribution is 6.05. The summed E-state index contributed by atoms with van der Waals surface area (Å²) in [7, 11) is 0. The maximum atomic E-state index is 6.88. The van der Waals surface area contributed by atoms with Crippen molar-refractivity contribution in [3.05, 3.63) is 210 Å². The van der Waals surface area contributed by atoms with Crippen LogP contribution in [0.15, 0.2) is 192 Å². The van der Waals surface area contributed by atoms with E-state index in [1.54, 1.807) is 0 Å². The third-order valence-electron chi connectivity index (χ3n) is 11.1. The average Bonchev–Trinajstić information content (AvgIpc) is 3.83. The Morgan fingerprint density at radius 2 is 0.961 bits per heavy atom. The van der Waals surface area contributed by atoms with Crippen molar-refractivity contribution in [1.82, 2.24) is 0 Å². The second-order valence-corrected chi connectivity index (χ2v) is 13.6. The fourth-order valence-electron chi connectivity index (χ4n) is 9.09. The number of anilines is 3. The van der Waals surface area contributed by atoms with Gasteiger partial charge in [0.1, 0.15) is 11.3 Å². The highest BCUT2D eigenvalue weighted by Crippen LogP contribution is 2.67. The fourth-order valence-corrected chi connectivity index (χ4v) is 9.09. The van der Waals surface area contributed by atoms with Gasteiger partial charge in [-0.15, -0.1) is 0 Å². The average molecular weight is 650 g/mol. The molecule has 8 aromatic carbocycles. The van der Waals surface area contributed by atoms with E-state index in [0.29, 0.717) is 0 Å². The zero-order valence-electron chi connectivity index (χ0n) is 27.8. The van der Waals surface area contributed by atoms with Gasteiger partial charge < -0.3 is 9.32 Å². The SMILES string of the molecule is c1ccc(N(c2ccc(-c3cccc4ccccc34)cc2)c2cccc3c2C2(c4ccccc4-c4ccccc42)c2c-3oc3ccccc23)cc1. The Morgan fingerprint density at radius 1 is 0.392 bits per heavy atom. The first-order valence-corrected chi connectivity index (χ1v) is 17.6. The Bertz CT molecular complexity index is 2760. The van der Waals surface area contributed by atoms with Gasteiger partial charge >= 0.3 is 0 Å². The maximum absolute atomic E-state index is 6.88. The van der Waals surface area contributed by atoms with E-state index in [2.05, 4.69) is 193 Å². The molecule has 1 spiro atoms. The summed E-state index contributed by atoms with van der Waals surface area (Å²) in [5.41, 5.74) is 14.9. The van der Waals surface area contributed by atoms with E-state index in [9.17, 15) is 0 Å². The van der Waals surface area contributed by atoms with E-state index < -0.39 is 5.41 Å². The Morgan fingerprint density at radius 3 is 1.75 bits per heavy atom. The molecule has 9 aromatic rings. The van der Waals surface area contributed by atoms with Gasteiger partial charge in [-0.2, -0.15) is 0 Å². The molecule has 0 saturated heterocycles. The van der Waals surface area contributed by atoms with Crippen molar-refractivity contribution in [3.63, 3.8) is 0 Å². The minimum absolute atomic E-state index is 0.572. The van der Waals surface area contributed by atoms with Gasteiger partial charge in [-0.25, -0.2) is 0 Å². The van der Waals surface area contributed by atoms with Gasteiger partial charge in [0.05, 0.1) is 11.1 Å². The maximum Gasteiger partial charge on any atom is 0.140 e. The molecule has 2 nitrogen and oxygen atoms in total. The van der Waals surface area contributed by atoms with Crippen LogP contribution in [0.1, 0.15) is 22.3 Å². The fraction of sp³-hybridized carbons (Fsp3) is 0.0204. The van der Waals surface area contributed by atoms with Crippen molar-refractivity contribution in [2.45, 2.75) is 5.41 Å². The Labute approximate surface area is 296 Å². The van der Waals surface area contributed by atoms with Gasteiger partial charge in [-0.05, 0) is 80.6 Å². The predicted molar refractivity (Wildman–Crippen MR) is 210 cm³/mol. The van der Waals surface area contributed by atoms with Crippen molar-refractivity contribution < 1.29 is 4.42 Å². The van der Waals surface area contributed by atoms with Gasteiger partial charge in [0.2, 0.25) is 0 Å². The lowest BCUT2D eigenvalue weighted by atomic mass is 9.69. The number of para-hydroxylation sites is 2. The second kappa shape index (κ2) is 10.7. The van der Waals surface area contributed by atoms with Crippen LogP contribution in [0.25, 0.3) is 55.3 Å². The van der Waals surface area contributed by atoms with E-state index in [4.69, 9.17) is 4.42 Å². The van der Waals surface area contributed by atoms with Crippen LogP contribution in [0.2, 0.25) is 0 Å². The second-order valence-electron chi connectivity index (χ2n) is 13.6. The van der Waals surface area contributed by atoms with E-state index in [1.807, 2.05) is 0 Å². The molecule has 0 bridgehead atoms. The van der Waals surface area contributed by atoms with E-state index in [-0.39, 0.29) is 0 Å². The summed E-state index contributed by atoms with van der Waals surface area (Å²) < 4.78 is 6.88. The summed E-state index contributed by atoms with van der Waals surface area (Å²) >= 11 is 0. The lowest BCUT2D eigenvalue weighted by Crippen LogP contribution is -2.28. The number of hydrogen-bond acceptors (Lipinski definition) is 2. The largest absolute Gasteiger partial charge is 0.456 e. The molecule has 2 aliphatic rings. The highest BCUT2D eigenvalue weighted by Gasteiger charge is 2.55. The van der Waals surface area contributed by atoms with Crippen LogP contribution < -0.4 is 4.90 Å². The zero-order valence-corrected chi connectivity index (χ0v) is 27.8. The number of fused-ring (bicyclic) bond motifs is 13. The third kappa shape index (κ3) is 3.82. The van der Waals surface area contributed by atoms with Gasteiger partial charge in [-0.3, -0.25) is 0 Å². The Hall–Kier alpha value is -6.64. The summed E-state index contributed by atoms with van der Waals surface area (Å²) in [6.45, 7) is 0. The summed E-state index contributed by atoms with van der Waals surface area (Å²) in [6, 6.07) is 68.3. The van der Waals surface area contributed by atoms with Crippen LogP contribution in [0.5, 0.6) is 0 Å². The smallest absolute Gasteiger partial charge is 0.140 e. The van der Waals surface area contributed by atoms with Crippen molar-refractivity contribution in [2.24, 2.45) is 0 Å². The third-order valence-corrected chi connectivity index (χ3v) is 11.1. The number of rotatable bonds is 4. The molecule has 238 valence electrons. The summed E-state index contributed by atoms with van der Waals surface area (Å²) in [6.07, 6.45) is 0. The Kier molecular flexibility index (Phi) is 5.91. The van der Waals surface area contributed by atoms with Crippen molar-refractivity contribution in [2.75, 3.05) is 4.90 Å². The van der Waals surface area contributed by atoms with Gasteiger partial charge in [-0.1, -0.05) is 152 Å². The van der Waals surface area contributed by atoms with E-state index in [1.165, 1.54) is 55.3 Å². The first-order valence-electron chi connectivity index (χ1n) is 17.6. The quantitative estimate of drug-likeness (QED) is 0.189. The van der Waals surface area contributed by atoms with Crippen LogP contribution in [0.4, 0.5) is 17.1 Å². The molecular formula is C49H31NO. The number of benzene rings is 8. The summed E-state index contributed by atoms with van der Waals surface area (Å²) in [5.74, 6) is 0.957. The topological polar surface area (TPSA) is 16.4 Å². The van der Waals surface area contributed by atoms with Crippen LogP contribution in [0, 0.1) is 0 Å². The zero-order chi connectivity index (χ0) is 33.5. The molecule has 0 N–H and O–H groups in total. The van der Waals surface area contributed by atoms with Crippen molar-refractivity contribution in [1.29, 1.82) is 0 Å². The molecule has 0 unspecified atom stereocenters. The molecule has 51 heavy (non-hydrogen) atoms. The Balaban J connectivity index is 1.20. The molecule has 11 rings (SSSR count). The molecule has 0 amide bonds. The van der Waals surface area contributed by atoms with E-state index in [0.717, 1.165) is 39.4 Å². The molecule has 1 heterocycles.